The Bertz CT molecular complexity index is 637. The van der Waals surface area contributed by atoms with Gasteiger partial charge in [-0.15, -0.1) is 0 Å². The van der Waals surface area contributed by atoms with Crippen LogP contribution in [0.3, 0.4) is 0 Å². The van der Waals surface area contributed by atoms with E-state index in [1.54, 1.807) is 19.2 Å². The van der Waals surface area contributed by atoms with Crippen LogP contribution in [0.25, 0.3) is 0 Å². The van der Waals surface area contributed by atoms with Crippen molar-refractivity contribution in [1.82, 2.24) is 5.32 Å². The van der Waals surface area contributed by atoms with Gasteiger partial charge in [0.2, 0.25) is 0 Å². The van der Waals surface area contributed by atoms with Crippen molar-refractivity contribution in [2.45, 2.75) is 26.3 Å². The third-order valence-corrected chi connectivity index (χ3v) is 3.63. The number of ether oxygens (including phenoxy) is 2. The van der Waals surface area contributed by atoms with Crippen molar-refractivity contribution in [3.05, 3.63) is 59.7 Å². The second-order valence-electron chi connectivity index (χ2n) is 5.41. The molecule has 1 N–H and O–H groups in total. The van der Waals surface area contributed by atoms with Gasteiger partial charge in [-0.2, -0.15) is 0 Å². The quantitative estimate of drug-likeness (QED) is 0.849. The highest BCUT2D eigenvalue weighted by Gasteiger charge is 2.13. The van der Waals surface area contributed by atoms with Gasteiger partial charge in [-0.05, 0) is 31.0 Å². The molecule has 4 nitrogen and oxygen atoms in total. The Kier molecular flexibility index (Phi) is 6.03. The normalized spacial score (nSPS) is 11.6. The number of carbonyl (C=O) groups excluding carboxylic acids is 1. The van der Waals surface area contributed by atoms with E-state index in [9.17, 15) is 4.79 Å². The zero-order valence-corrected chi connectivity index (χ0v) is 13.8. The highest BCUT2D eigenvalue weighted by molar-refractivity contribution is 5.78. The molecule has 23 heavy (non-hydrogen) atoms. The molecule has 4 heteroatoms. The minimum absolute atomic E-state index is 0.00277. The molecule has 0 spiro atoms. The maximum atomic E-state index is 12.1. The molecule has 0 aliphatic rings. The van der Waals surface area contributed by atoms with E-state index in [1.807, 2.05) is 38.1 Å². The largest absolute Gasteiger partial charge is 0.497 e. The van der Waals surface area contributed by atoms with Crippen LogP contribution >= 0.6 is 0 Å². The van der Waals surface area contributed by atoms with E-state index in [4.69, 9.17) is 9.47 Å². The second-order valence-corrected chi connectivity index (χ2v) is 5.41. The Labute approximate surface area is 137 Å². The van der Waals surface area contributed by atoms with Crippen molar-refractivity contribution in [3.8, 4) is 11.5 Å². The van der Waals surface area contributed by atoms with E-state index >= 15 is 0 Å². The fourth-order valence-electron chi connectivity index (χ4n) is 2.30. The summed E-state index contributed by atoms with van der Waals surface area (Å²) in [7, 11) is 1.60. The van der Waals surface area contributed by atoms with Gasteiger partial charge in [0.15, 0.2) is 6.61 Å². The van der Waals surface area contributed by atoms with Crippen LogP contribution in [0.1, 0.15) is 30.5 Å². The molecule has 0 unspecified atom stereocenters. The third kappa shape index (κ3) is 5.02. The third-order valence-electron chi connectivity index (χ3n) is 3.63. The van der Waals surface area contributed by atoms with Gasteiger partial charge in [0.1, 0.15) is 11.5 Å². The highest BCUT2D eigenvalue weighted by atomic mass is 16.5. The fourth-order valence-corrected chi connectivity index (χ4v) is 2.30. The van der Waals surface area contributed by atoms with E-state index in [2.05, 4.69) is 17.4 Å². The number of aryl methyl sites for hydroxylation is 1. The predicted octanol–water partition coefficient (Wildman–Crippen LogP) is 3.65. The van der Waals surface area contributed by atoms with Gasteiger partial charge < -0.3 is 14.8 Å². The van der Waals surface area contributed by atoms with Crippen molar-refractivity contribution < 1.29 is 14.3 Å². The van der Waals surface area contributed by atoms with Crippen molar-refractivity contribution in [3.63, 3.8) is 0 Å². The maximum absolute atomic E-state index is 12.1. The van der Waals surface area contributed by atoms with E-state index < -0.39 is 0 Å². The summed E-state index contributed by atoms with van der Waals surface area (Å²) in [5.74, 6) is 1.18. The van der Waals surface area contributed by atoms with Gasteiger partial charge >= 0.3 is 0 Å². The molecule has 0 fully saturated rings. The number of hydrogen-bond acceptors (Lipinski definition) is 3. The van der Waals surface area contributed by atoms with E-state index in [0.29, 0.717) is 11.5 Å². The average Bonchev–Trinajstić information content (AvgIpc) is 2.59. The number of benzene rings is 2. The lowest BCUT2D eigenvalue weighted by atomic mass is 10.0. The van der Waals surface area contributed by atoms with Crippen molar-refractivity contribution in [2.75, 3.05) is 13.7 Å². The predicted molar refractivity (Wildman–Crippen MR) is 90.8 cm³/mol. The molecule has 122 valence electrons. The molecule has 0 heterocycles. The van der Waals surface area contributed by atoms with Gasteiger partial charge in [-0.25, -0.2) is 0 Å². The lowest BCUT2D eigenvalue weighted by Gasteiger charge is -2.18. The first-order chi connectivity index (χ1) is 11.1. The van der Waals surface area contributed by atoms with Crippen LogP contribution in [0.4, 0.5) is 0 Å². The van der Waals surface area contributed by atoms with Crippen LogP contribution in [-0.2, 0) is 4.79 Å². The number of rotatable bonds is 7. The summed E-state index contributed by atoms with van der Waals surface area (Å²) in [5, 5.41) is 3.01. The van der Waals surface area contributed by atoms with Crippen LogP contribution in [-0.4, -0.2) is 19.6 Å². The molecule has 1 amide bonds. The highest BCUT2D eigenvalue weighted by Crippen LogP contribution is 2.19. The van der Waals surface area contributed by atoms with E-state index in [0.717, 1.165) is 12.0 Å². The van der Waals surface area contributed by atoms with Crippen LogP contribution < -0.4 is 14.8 Å². The molecule has 2 rings (SSSR count). The van der Waals surface area contributed by atoms with Crippen molar-refractivity contribution >= 4 is 5.91 Å². The van der Waals surface area contributed by atoms with Crippen LogP contribution in [0, 0.1) is 6.92 Å². The van der Waals surface area contributed by atoms with Crippen molar-refractivity contribution in [2.24, 2.45) is 0 Å². The number of amides is 1. The zero-order valence-electron chi connectivity index (χ0n) is 13.8. The van der Waals surface area contributed by atoms with Crippen molar-refractivity contribution in [1.29, 1.82) is 0 Å². The van der Waals surface area contributed by atoms with E-state index in [1.165, 1.54) is 5.56 Å². The topological polar surface area (TPSA) is 47.6 Å². The number of carbonyl (C=O) groups is 1. The number of hydrogen-bond donors (Lipinski definition) is 1. The molecule has 0 aliphatic heterocycles. The molecular formula is C19H23NO3. The Balaban J connectivity index is 1.90. The molecular weight excluding hydrogens is 290 g/mol. The fraction of sp³-hybridized carbons (Fsp3) is 0.316. The summed E-state index contributed by atoms with van der Waals surface area (Å²) in [6.07, 6.45) is 0.827. The summed E-state index contributed by atoms with van der Waals surface area (Å²) in [4.78, 5) is 12.1. The van der Waals surface area contributed by atoms with Crippen LogP contribution in [0.5, 0.6) is 11.5 Å². The molecule has 2 aromatic rings. The van der Waals surface area contributed by atoms with E-state index in [-0.39, 0.29) is 18.6 Å². The Hall–Kier alpha value is -2.49. The second kappa shape index (κ2) is 8.22. The molecule has 0 aromatic heterocycles. The minimum atomic E-state index is -0.139. The van der Waals surface area contributed by atoms with Gasteiger partial charge in [-0.3, -0.25) is 4.79 Å². The molecule has 0 saturated carbocycles. The number of methoxy groups -OCH3 is 1. The number of nitrogens with one attached hydrogen (secondary N) is 1. The Morgan fingerprint density at radius 2 is 1.83 bits per heavy atom. The lowest BCUT2D eigenvalue weighted by Crippen LogP contribution is -2.32. The summed E-state index contributed by atoms with van der Waals surface area (Å²) in [6, 6.07) is 15.4. The van der Waals surface area contributed by atoms with Crippen LogP contribution in [0.2, 0.25) is 0 Å². The summed E-state index contributed by atoms with van der Waals surface area (Å²) >= 11 is 0. The summed E-state index contributed by atoms with van der Waals surface area (Å²) in [5.41, 5.74) is 2.31. The molecule has 0 aliphatic carbocycles. The monoisotopic (exact) mass is 313 g/mol. The first-order valence-electron chi connectivity index (χ1n) is 7.75. The molecule has 2 aromatic carbocycles. The molecule has 0 radical (unpaired) electrons. The lowest BCUT2D eigenvalue weighted by molar-refractivity contribution is -0.123. The summed E-state index contributed by atoms with van der Waals surface area (Å²) in [6.45, 7) is 4.08. The summed E-state index contributed by atoms with van der Waals surface area (Å²) < 4.78 is 10.6. The van der Waals surface area contributed by atoms with Gasteiger partial charge in [-0.1, -0.05) is 42.8 Å². The first-order valence-corrected chi connectivity index (χ1v) is 7.75. The Morgan fingerprint density at radius 1 is 1.13 bits per heavy atom. The Morgan fingerprint density at radius 3 is 2.48 bits per heavy atom. The zero-order chi connectivity index (χ0) is 16.7. The van der Waals surface area contributed by atoms with Gasteiger partial charge in [0.05, 0.1) is 13.2 Å². The first kappa shape index (κ1) is 16.9. The van der Waals surface area contributed by atoms with Gasteiger partial charge in [0.25, 0.3) is 5.91 Å². The van der Waals surface area contributed by atoms with Gasteiger partial charge in [0, 0.05) is 6.07 Å². The smallest absolute Gasteiger partial charge is 0.258 e. The minimum Gasteiger partial charge on any atom is -0.497 e. The van der Waals surface area contributed by atoms with Crippen LogP contribution in [0.15, 0.2) is 48.5 Å². The molecule has 0 bridgehead atoms. The average molecular weight is 313 g/mol. The molecule has 1 atom stereocenters. The standard InChI is InChI=1S/C19H23NO3/c1-4-18(15-10-8-14(2)9-11-15)20-19(21)13-23-17-7-5-6-16(12-17)22-3/h5-12,18H,4,13H2,1-3H3,(H,20,21)/t18-/m0/s1. The SMILES string of the molecule is CC[C@H](NC(=O)COc1cccc(OC)c1)c1ccc(C)cc1. The maximum Gasteiger partial charge on any atom is 0.258 e. The molecule has 0 saturated heterocycles.